The second kappa shape index (κ2) is 5.94. The minimum atomic E-state index is 0.518. The molecule has 0 radical (unpaired) electrons. The zero-order valence-corrected chi connectivity index (χ0v) is 13.5. The summed E-state index contributed by atoms with van der Waals surface area (Å²) in [6, 6.07) is 14.4. The van der Waals surface area contributed by atoms with Crippen LogP contribution in [0.25, 0.3) is 10.2 Å². The lowest BCUT2D eigenvalue weighted by Gasteiger charge is -2.11. The Balaban J connectivity index is 1.82. The zero-order chi connectivity index (χ0) is 13.9. The number of benzene rings is 2. The van der Waals surface area contributed by atoms with E-state index in [4.69, 9.17) is 4.74 Å². The van der Waals surface area contributed by atoms with Gasteiger partial charge in [-0.25, -0.2) is 4.98 Å². The van der Waals surface area contributed by atoms with Crippen molar-refractivity contribution >= 4 is 37.5 Å². The summed E-state index contributed by atoms with van der Waals surface area (Å²) in [5.74, 6) is 0.962. The molecule has 2 nitrogen and oxygen atoms in total. The van der Waals surface area contributed by atoms with Gasteiger partial charge in [-0.2, -0.15) is 0 Å². The van der Waals surface area contributed by atoms with E-state index in [1.54, 1.807) is 11.3 Å². The number of rotatable bonds is 4. The minimum Gasteiger partial charge on any atom is -0.486 e. The predicted molar refractivity (Wildman–Crippen MR) is 87.8 cm³/mol. The van der Waals surface area contributed by atoms with E-state index in [0.29, 0.717) is 6.61 Å². The van der Waals surface area contributed by atoms with E-state index >= 15 is 0 Å². The van der Waals surface area contributed by atoms with Gasteiger partial charge in [0.1, 0.15) is 17.4 Å². The first-order chi connectivity index (χ1) is 9.78. The van der Waals surface area contributed by atoms with E-state index in [9.17, 15) is 0 Å². The van der Waals surface area contributed by atoms with Crippen LogP contribution in [0, 0.1) is 6.92 Å². The average molecular weight is 348 g/mol. The van der Waals surface area contributed by atoms with E-state index < -0.39 is 0 Å². The molecule has 0 bridgehead atoms. The van der Waals surface area contributed by atoms with E-state index in [2.05, 4.69) is 52.1 Å². The van der Waals surface area contributed by atoms with Gasteiger partial charge in [-0.15, -0.1) is 11.3 Å². The first-order valence-electron chi connectivity index (χ1n) is 6.39. The number of aromatic nitrogens is 1. The SMILES string of the molecule is Cc1cccc(CBr)c1OCc1nc2ccccc2s1. The molecule has 0 atom stereocenters. The fourth-order valence-electron chi connectivity index (χ4n) is 2.14. The van der Waals surface area contributed by atoms with Gasteiger partial charge < -0.3 is 4.74 Å². The lowest BCUT2D eigenvalue weighted by atomic mass is 10.1. The lowest BCUT2D eigenvalue weighted by Crippen LogP contribution is -1.99. The normalized spacial score (nSPS) is 10.9. The minimum absolute atomic E-state index is 0.518. The summed E-state index contributed by atoms with van der Waals surface area (Å²) >= 11 is 5.19. The van der Waals surface area contributed by atoms with Gasteiger partial charge in [-0.05, 0) is 24.6 Å². The molecule has 4 heteroatoms. The maximum absolute atomic E-state index is 5.99. The van der Waals surface area contributed by atoms with Gasteiger partial charge in [0.2, 0.25) is 0 Å². The number of hydrogen-bond acceptors (Lipinski definition) is 3. The van der Waals surface area contributed by atoms with Crippen molar-refractivity contribution in [3.05, 3.63) is 58.6 Å². The third kappa shape index (κ3) is 2.72. The molecule has 2 aromatic carbocycles. The fourth-order valence-corrected chi connectivity index (χ4v) is 3.46. The molecule has 0 saturated heterocycles. The maximum Gasteiger partial charge on any atom is 0.140 e. The Labute approximate surface area is 130 Å². The van der Waals surface area contributed by atoms with Crippen molar-refractivity contribution in [2.45, 2.75) is 18.9 Å². The highest BCUT2D eigenvalue weighted by Gasteiger charge is 2.08. The molecular formula is C16H14BrNOS. The third-order valence-corrected chi connectivity index (χ3v) is 4.73. The molecule has 3 aromatic rings. The molecule has 0 amide bonds. The van der Waals surface area contributed by atoms with E-state index in [-0.39, 0.29) is 0 Å². The first-order valence-corrected chi connectivity index (χ1v) is 8.33. The summed E-state index contributed by atoms with van der Waals surface area (Å²) in [6.07, 6.45) is 0. The highest BCUT2D eigenvalue weighted by atomic mass is 79.9. The van der Waals surface area contributed by atoms with Crippen LogP contribution in [0.5, 0.6) is 5.75 Å². The molecule has 0 unspecified atom stereocenters. The van der Waals surface area contributed by atoms with Gasteiger partial charge >= 0.3 is 0 Å². The Kier molecular flexibility index (Phi) is 4.03. The Bertz CT molecular complexity index is 705. The number of halogens is 1. The lowest BCUT2D eigenvalue weighted by molar-refractivity contribution is 0.301. The smallest absolute Gasteiger partial charge is 0.140 e. The highest BCUT2D eigenvalue weighted by Crippen LogP contribution is 2.28. The van der Waals surface area contributed by atoms with E-state index in [0.717, 1.165) is 27.2 Å². The molecule has 0 aliphatic rings. The predicted octanol–water partition coefficient (Wildman–Crippen LogP) is 5.08. The summed E-state index contributed by atoms with van der Waals surface area (Å²) in [5, 5.41) is 1.80. The molecule has 3 rings (SSSR count). The largest absolute Gasteiger partial charge is 0.486 e. The van der Waals surface area contributed by atoms with Crippen molar-refractivity contribution in [3.63, 3.8) is 0 Å². The van der Waals surface area contributed by atoms with Crippen LogP contribution in [0.3, 0.4) is 0 Å². The van der Waals surface area contributed by atoms with Crippen molar-refractivity contribution in [2.24, 2.45) is 0 Å². The molecule has 0 N–H and O–H groups in total. The van der Waals surface area contributed by atoms with Gasteiger partial charge in [0.25, 0.3) is 0 Å². The second-order valence-electron chi connectivity index (χ2n) is 4.56. The molecule has 0 spiro atoms. The summed E-state index contributed by atoms with van der Waals surface area (Å²) < 4.78 is 7.20. The van der Waals surface area contributed by atoms with Crippen LogP contribution in [-0.4, -0.2) is 4.98 Å². The van der Waals surface area contributed by atoms with Gasteiger partial charge in [-0.1, -0.05) is 46.3 Å². The monoisotopic (exact) mass is 347 g/mol. The number of ether oxygens (including phenoxy) is 1. The molecule has 102 valence electrons. The third-order valence-electron chi connectivity index (χ3n) is 3.12. The Morgan fingerprint density at radius 2 is 2.00 bits per heavy atom. The number of aryl methyl sites for hydroxylation is 1. The summed E-state index contributed by atoms with van der Waals surface area (Å²) in [6.45, 7) is 2.59. The number of nitrogens with zero attached hydrogens (tertiary/aromatic N) is 1. The van der Waals surface area contributed by atoms with Crippen molar-refractivity contribution in [2.75, 3.05) is 0 Å². The molecule has 0 saturated carbocycles. The molecule has 0 aliphatic heterocycles. The zero-order valence-electron chi connectivity index (χ0n) is 11.1. The van der Waals surface area contributed by atoms with Crippen LogP contribution >= 0.6 is 27.3 Å². The summed E-state index contributed by atoms with van der Waals surface area (Å²) in [4.78, 5) is 4.59. The van der Waals surface area contributed by atoms with Crippen molar-refractivity contribution in [1.29, 1.82) is 0 Å². The Hall–Kier alpha value is -1.39. The number of fused-ring (bicyclic) bond motifs is 1. The first kappa shape index (κ1) is 13.6. The van der Waals surface area contributed by atoms with Gasteiger partial charge in [0, 0.05) is 10.9 Å². The van der Waals surface area contributed by atoms with Gasteiger partial charge in [0.15, 0.2) is 0 Å². The van der Waals surface area contributed by atoms with Crippen molar-refractivity contribution < 1.29 is 4.74 Å². The van der Waals surface area contributed by atoms with E-state index in [1.165, 1.54) is 10.3 Å². The molecular weight excluding hydrogens is 334 g/mol. The molecule has 0 fully saturated rings. The molecule has 1 heterocycles. The van der Waals surface area contributed by atoms with Crippen LogP contribution in [0.15, 0.2) is 42.5 Å². The molecule has 20 heavy (non-hydrogen) atoms. The average Bonchev–Trinajstić information content (AvgIpc) is 2.88. The summed E-state index contributed by atoms with van der Waals surface area (Å²) in [5.41, 5.74) is 3.37. The number of thiazole rings is 1. The van der Waals surface area contributed by atoms with Gasteiger partial charge in [0.05, 0.1) is 10.2 Å². The van der Waals surface area contributed by atoms with Crippen molar-refractivity contribution in [3.8, 4) is 5.75 Å². The quantitative estimate of drug-likeness (QED) is 0.614. The Morgan fingerprint density at radius 3 is 2.80 bits per heavy atom. The topological polar surface area (TPSA) is 22.1 Å². The van der Waals surface area contributed by atoms with Crippen LogP contribution in [0.1, 0.15) is 16.1 Å². The maximum atomic E-state index is 5.99. The molecule has 1 aromatic heterocycles. The number of alkyl halides is 1. The van der Waals surface area contributed by atoms with Crippen LogP contribution in [0.4, 0.5) is 0 Å². The van der Waals surface area contributed by atoms with Crippen molar-refractivity contribution in [1.82, 2.24) is 4.98 Å². The fraction of sp³-hybridized carbons (Fsp3) is 0.188. The number of para-hydroxylation sites is 2. The Morgan fingerprint density at radius 1 is 1.15 bits per heavy atom. The highest BCUT2D eigenvalue weighted by molar-refractivity contribution is 9.08. The molecule has 0 aliphatic carbocycles. The van der Waals surface area contributed by atoms with Crippen LogP contribution in [-0.2, 0) is 11.9 Å². The second-order valence-corrected chi connectivity index (χ2v) is 6.24. The van der Waals surface area contributed by atoms with Crippen LogP contribution in [0.2, 0.25) is 0 Å². The number of hydrogen-bond donors (Lipinski definition) is 0. The summed E-state index contributed by atoms with van der Waals surface area (Å²) in [7, 11) is 0. The standard InChI is InChI=1S/C16H14BrNOS/c1-11-5-4-6-12(9-17)16(11)19-10-15-18-13-7-2-3-8-14(13)20-15/h2-8H,9-10H2,1H3. The van der Waals surface area contributed by atoms with Gasteiger partial charge in [-0.3, -0.25) is 0 Å². The van der Waals surface area contributed by atoms with Crippen LogP contribution < -0.4 is 4.74 Å². The van der Waals surface area contributed by atoms with E-state index in [1.807, 2.05) is 18.2 Å².